The van der Waals surface area contributed by atoms with Crippen molar-refractivity contribution in [3.63, 3.8) is 0 Å². The number of nitrogens with one attached hydrogen (secondary N) is 1. The predicted octanol–water partition coefficient (Wildman–Crippen LogP) is 4.22. The molecule has 2 rings (SSSR count). The maximum Gasteiger partial charge on any atom is 0.0455 e. The molecule has 1 atom stereocenters. The van der Waals surface area contributed by atoms with Gasteiger partial charge in [0.1, 0.15) is 0 Å². The van der Waals surface area contributed by atoms with Gasteiger partial charge in [-0.05, 0) is 49.3 Å². The summed E-state index contributed by atoms with van der Waals surface area (Å²) in [5.74, 6) is 0. The Balaban J connectivity index is 2.29. The molecular weight excluding hydrogens is 256 g/mol. The highest BCUT2D eigenvalue weighted by molar-refractivity contribution is 5.86. The lowest BCUT2D eigenvalue weighted by Gasteiger charge is -2.26. The van der Waals surface area contributed by atoms with E-state index >= 15 is 0 Å². The molecule has 0 saturated carbocycles. The number of rotatable bonds is 8. The van der Waals surface area contributed by atoms with Crippen LogP contribution >= 0.6 is 0 Å². The average molecular weight is 284 g/mol. The molecule has 114 valence electrons. The lowest BCUT2D eigenvalue weighted by Crippen LogP contribution is -2.34. The van der Waals surface area contributed by atoms with Crippen molar-refractivity contribution >= 4 is 10.8 Å². The highest BCUT2D eigenvalue weighted by Crippen LogP contribution is 2.25. The van der Waals surface area contributed by atoms with Gasteiger partial charge in [0.25, 0.3) is 0 Å². The summed E-state index contributed by atoms with van der Waals surface area (Å²) in [6.07, 6.45) is 2.37. The SMILES string of the molecule is CCCNC(CN(C)CCC)c1cccc2ccccc12. The van der Waals surface area contributed by atoms with Crippen LogP contribution in [0.1, 0.15) is 38.3 Å². The molecule has 0 radical (unpaired) electrons. The first-order chi connectivity index (χ1) is 10.3. The highest BCUT2D eigenvalue weighted by atomic mass is 15.1. The zero-order valence-corrected chi connectivity index (χ0v) is 13.6. The Bertz CT molecular complexity index is 545. The van der Waals surface area contributed by atoms with E-state index in [9.17, 15) is 0 Å². The van der Waals surface area contributed by atoms with Gasteiger partial charge in [-0.3, -0.25) is 0 Å². The van der Waals surface area contributed by atoms with E-state index in [4.69, 9.17) is 0 Å². The van der Waals surface area contributed by atoms with Gasteiger partial charge in [-0.15, -0.1) is 0 Å². The quantitative estimate of drug-likeness (QED) is 0.780. The van der Waals surface area contributed by atoms with Gasteiger partial charge >= 0.3 is 0 Å². The summed E-state index contributed by atoms with van der Waals surface area (Å²) < 4.78 is 0. The van der Waals surface area contributed by atoms with E-state index in [1.807, 2.05) is 0 Å². The minimum absolute atomic E-state index is 0.396. The van der Waals surface area contributed by atoms with Gasteiger partial charge < -0.3 is 10.2 Å². The average Bonchev–Trinajstić information content (AvgIpc) is 2.51. The largest absolute Gasteiger partial charge is 0.309 e. The molecule has 2 heteroatoms. The molecule has 1 unspecified atom stereocenters. The van der Waals surface area contributed by atoms with Gasteiger partial charge in [-0.2, -0.15) is 0 Å². The van der Waals surface area contributed by atoms with Gasteiger partial charge in [0, 0.05) is 12.6 Å². The lowest BCUT2D eigenvalue weighted by molar-refractivity contribution is 0.291. The molecule has 0 heterocycles. The monoisotopic (exact) mass is 284 g/mol. The first-order valence-electron chi connectivity index (χ1n) is 8.15. The minimum atomic E-state index is 0.396. The minimum Gasteiger partial charge on any atom is -0.309 e. The zero-order chi connectivity index (χ0) is 15.1. The summed E-state index contributed by atoms with van der Waals surface area (Å²) in [5.41, 5.74) is 1.42. The molecule has 0 saturated heterocycles. The third kappa shape index (κ3) is 4.29. The molecule has 0 aliphatic heterocycles. The van der Waals surface area contributed by atoms with E-state index in [2.05, 4.69) is 73.6 Å². The fourth-order valence-corrected chi connectivity index (χ4v) is 2.93. The van der Waals surface area contributed by atoms with Crippen LogP contribution in [0, 0.1) is 0 Å². The standard InChI is InChI=1S/C19H28N2/c1-4-13-20-19(15-21(3)14-5-2)18-12-8-10-16-9-6-7-11-17(16)18/h6-12,19-20H,4-5,13-15H2,1-3H3. The van der Waals surface area contributed by atoms with Gasteiger partial charge in [0.15, 0.2) is 0 Å². The van der Waals surface area contributed by atoms with Gasteiger partial charge in [0.05, 0.1) is 0 Å². The number of nitrogens with zero attached hydrogens (tertiary/aromatic N) is 1. The van der Waals surface area contributed by atoms with Gasteiger partial charge in [-0.1, -0.05) is 56.3 Å². The Labute approximate surface area is 129 Å². The summed E-state index contributed by atoms with van der Waals surface area (Å²) in [7, 11) is 2.22. The number of hydrogen-bond acceptors (Lipinski definition) is 2. The molecule has 0 aliphatic rings. The third-order valence-electron chi connectivity index (χ3n) is 3.94. The summed E-state index contributed by atoms with van der Waals surface area (Å²) in [4.78, 5) is 2.43. The molecule has 2 nitrogen and oxygen atoms in total. The van der Waals surface area contributed by atoms with Crippen molar-refractivity contribution in [1.29, 1.82) is 0 Å². The maximum atomic E-state index is 3.73. The fourth-order valence-electron chi connectivity index (χ4n) is 2.93. The Morgan fingerprint density at radius 1 is 1.00 bits per heavy atom. The van der Waals surface area contributed by atoms with E-state index in [0.29, 0.717) is 6.04 Å². The second kappa shape index (κ2) is 8.16. The summed E-state index contributed by atoms with van der Waals surface area (Å²) in [5, 5.41) is 6.43. The first kappa shape index (κ1) is 16.0. The predicted molar refractivity (Wildman–Crippen MR) is 92.8 cm³/mol. The van der Waals surface area contributed by atoms with Gasteiger partial charge in [-0.25, -0.2) is 0 Å². The molecule has 0 fully saturated rings. The number of benzene rings is 2. The number of likely N-dealkylation sites (N-methyl/N-ethyl adjacent to an activating group) is 1. The topological polar surface area (TPSA) is 15.3 Å². The lowest BCUT2D eigenvalue weighted by atomic mass is 9.98. The first-order valence-corrected chi connectivity index (χ1v) is 8.15. The molecule has 0 aliphatic carbocycles. The second-order valence-corrected chi connectivity index (χ2v) is 5.84. The van der Waals surface area contributed by atoms with Crippen molar-refractivity contribution < 1.29 is 0 Å². The third-order valence-corrected chi connectivity index (χ3v) is 3.94. The molecular formula is C19H28N2. The van der Waals surface area contributed by atoms with E-state index in [1.54, 1.807) is 0 Å². The zero-order valence-electron chi connectivity index (χ0n) is 13.6. The molecule has 0 aromatic heterocycles. The molecule has 0 bridgehead atoms. The van der Waals surface area contributed by atoms with Crippen molar-refractivity contribution in [2.24, 2.45) is 0 Å². The smallest absolute Gasteiger partial charge is 0.0455 e. The fraction of sp³-hybridized carbons (Fsp3) is 0.474. The van der Waals surface area contributed by atoms with Crippen molar-refractivity contribution in [2.45, 2.75) is 32.7 Å². The second-order valence-electron chi connectivity index (χ2n) is 5.84. The molecule has 2 aromatic carbocycles. The van der Waals surface area contributed by atoms with Crippen molar-refractivity contribution in [3.8, 4) is 0 Å². The van der Waals surface area contributed by atoms with Crippen LogP contribution in [0.5, 0.6) is 0 Å². The van der Waals surface area contributed by atoms with Crippen molar-refractivity contribution in [1.82, 2.24) is 10.2 Å². The van der Waals surface area contributed by atoms with Crippen LogP contribution in [0.3, 0.4) is 0 Å². The van der Waals surface area contributed by atoms with E-state index < -0.39 is 0 Å². The van der Waals surface area contributed by atoms with E-state index in [-0.39, 0.29) is 0 Å². The van der Waals surface area contributed by atoms with Crippen LogP contribution in [0.15, 0.2) is 42.5 Å². The van der Waals surface area contributed by atoms with Gasteiger partial charge in [0.2, 0.25) is 0 Å². The Kier molecular flexibility index (Phi) is 6.21. The maximum absolute atomic E-state index is 3.73. The van der Waals surface area contributed by atoms with Crippen molar-refractivity contribution in [2.75, 3.05) is 26.7 Å². The Hall–Kier alpha value is -1.38. The number of fused-ring (bicyclic) bond motifs is 1. The summed E-state index contributed by atoms with van der Waals surface area (Å²) in [6.45, 7) is 7.73. The van der Waals surface area contributed by atoms with Crippen LogP contribution in [-0.2, 0) is 0 Å². The highest BCUT2D eigenvalue weighted by Gasteiger charge is 2.15. The normalized spacial score (nSPS) is 13.0. The van der Waals surface area contributed by atoms with E-state index in [1.165, 1.54) is 29.2 Å². The van der Waals surface area contributed by atoms with Crippen LogP contribution < -0.4 is 5.32 Å². The summed E-state index contributed by atoms with van der Waals surface area (Å²) >= 11 is 0. The molecule has 0 spiro atoms. The Morgan fingerprint density at radius 2 is 1.76 bits per heavy atom. The van der Waals surface area contributed by atoms with Crippen molar-refractivity contribution in [3.05, 3.63) is 48.0 Å². The van der Waals surface area contributed by atoms with Crippen LogP contribution in [0.2, 0.25) is 0 Å². The van der Waals surface area contributed by atoms with E-state index in [0.717, 1.165) is 19.6 Å². The Morgan fingerprint density at radius 3 is 2.52 bits per heavy atom. The molecule has 1 N–H and O–H groups in total. The van der Waals surface area contributed by atoms with Crippen LogP contribution in [0.4, 0.5) is 0 Å². The molecule has 21 heavy (non-hydrogen) atoms. The number of hydrogen-bond donors (Lipinski definition) is 1. The summed E-state index contributed by atoms with van der Waals surface area (Å²) in [6, 6.07) is 15.7. The molecule has 0 amide bonds. The molecule has 2 aromatic rings. The van der Waals surface area contributed by atoms with Crippen LogP contribution in [-0.4, -0.2) is 31.6 Å². The van der Waals surface area contributed by atoms with Crippen LogP contribution in [0.25, 0.3) is 10.8 Å².